The van der Waals surface area contributed by atoms with Crippen molar-refractivity contribution >= 4 is 17.3 Å². The molecule has 3 aromatic rings. The Bertz CT molecular complexity index is 1290. The van der Waals surface area contributed by atoms with Gasteiger partial charge in [0.05, 0.1) is 18.8 Å². The molecule has 8 nitrogen and oxygen atoms in total. The van der Waals surface area contributed by atoms with Crippen molar-refractivity contribution in [3.63, 3.8) is 0 Å². The molecule has 2 aromatic carbocycles. The number of ketones is 1. The number of rotatable bonds is 7. The highest BCUT2D eigenvalue weighted by Crippen LogP contribution is 2.20. The molecule has 1 saturated heterocycles. The molecule has 0 amide bonds. The predicted molar refractivity (Wildman–Crippen MR) is 130 cm³/mol. The fourth-order valence-corrected chi connectivity index (χ4v) is 4.31. The van der Waals surface area contributed by atoms with Crippen molar-refractivity contribution < 1.29 is 9.18 Å². The SMILES string of the molecule is CCn1c(=O)c(C(=O)CN2CCN(c3ccccc3F)CC2)c(N)n(Cc2ccccc2)c1=O. The average molecular weight is 466 g/mol. The van der Waals surface area contributed by atoms with Crippen LogP contribution in [0.4, 0.5) is 15.9 Å². The molecule has 0 aliphatic carbocycles. The van der Waals surface area contributed by atoms with Gasteiger partial charge in [0, 0.05) is 32.7 Å². The summed E-state index contributed by atoms with van der Waals surface area (Å²) in [6, 6.07) is 15.9. The first-order valence-corrected chi connectivity index (χ1v) is 11.3. The van der Waals surface area contributed by atoms with Crippen LogP contribution in [0.5, 0.6) is 0 Å². The number of nitrogens with zero attached hydrogens (tertiary/aromatic N) is 4. The van der Waals surface area contributed by atoms with Crippen molar-refractivity contribution in [2.45, 2.75) is 20.0 Å². The van der Waals surface area contributed by atoms with E-state index in [9.17, 15) is 18.8 Å². The molecule has 2 heterocycles. The number of carbonyl (C=O) groups is 1. The molecule has 1 aromatic heterocycles. The molecule has 1 aliphatic rings. The Balaban J connectivity index is 1.55. The van der Waals surface area contributed by atoms with E-state index in [4.69, 9.17) is 5.73 Å². The van der Waals surface area contributed by atoms with Gasteiger partial charge >= 0.3 is 5.69 Å². The van der Waals surface area contributed by atoms with Crippen LogP contribution >= 0.6 is 0 Å². The molecule has 178 valence electrons. The number of nitrogen functional groups attached to an aromatic ring is 1. The Kier molecular flexibility index (Phi) is 6.93. The minimum atomic E-state index is -0.663. The fourth-order valence-electron chi connectivity index (χ4n) is 4.31. The number of anilines is 2. The largest absolute Gasteiger partial charge is 0.384 e. The number of halogens is 1. The second-order valence-electron chi connectivity index (χ2n) is 8.30. The first-order chi connectivity index (χ1) is 16.4. The van der Waals surface area contributed by atoms with E-state index >= 15 is 0 Å². The van der Waals surface area contributed by atoms with E-state index in [0.29, 0.717) is 31.9 Å². The van der Waals surface area contributed by atoms with Crippen LogP contribution in [0.25, 0.3) is 0 Å². The van der Waals surface area contributed by atoms with Crippen LogP contribution in [0.3, 0.4) is 0 Å². The van der Waals surface area contributed by atoms with Crippen LogP contribution in [-0.2, 0) is 13.1 Å². The molecule has 0 bridgehead atoms. The summed E-state index contributed by atoms with van der Waals surface area (Å²) in [5, 5.41) is 0. The zero-order valence-electron chi connectivity index (χ0n) is 19.1. The Morgan fingerprint density at radius 1 is 0.941 bits per heavy atom. The van der Waals surface area contributed by atoms with Gasteiger partial charge in [0.25, 0.3) is 5.56 Å². The molecule has 9 heteroatoms. The van der Waals surface area contributed by atoms with E-state index in [1.54, 1.807) is 25.1 Å². The van der Waals surface area contributed by atoms with Crippen LogP contribution in [0.15, 0.2) is 64.2 Å². The third-order valence-electron chi connectivity index (χ3n) is 6.18. The number of carbonyl (C=O) groups excluding carboxylic acids is 1. The number of hydrogen-bond acceptors (Lipinski definition) is 6. The maximum atomic E-state index is 14.1. The predicted octanol–water partition coefficient (Wildman–Crippen LogP) is 1.80. The summed E-state index contributed by atoms with van der Waals surface area (Å²) in [5.74, 6) is -0.815. The van der Waals surface area contributed by atoms with E-state index in [2.05, 4.69) is 0 Å². The molecule has 1 aliphatic heterocycles. The maximum Gasteiger partial charge on any atom is 0.332 e. The summed E-state index contributed by atoms with van der Waals surface area (Å²) in [5.41, 5.74) is 6.25. The fraction of sp³-hybridized carbons (Fsp3) is 0.320. The van der Waals surface area contributed by atoms with Crippen LogP contribution in [0, 0.1) is 5.82 Å². The number of nitrogens with two attached hydrogens (primary N) is 1. The summed E-state index contributed by atoms with van der Waals surface area (Å²) in [7, 11) is 0. The molecule has 0 radical (unpaired) electrons. The highest BCUT2D eigenvalue weighted by atomic mass is 19.1. The van der Waals surface area contributed by atoms with Crippen molar-refractivity contribution in [2.75, 3.05) is 43.4 Å². The van der Waals surface area contributed by atoms with E-state index in [-0.39, 0.29) is 36.8 Å². The minimum absolute atomic E-state index is 0.00218. The highest BCUT2D eigenvalue weighted by molar-refractivity contribution is 6.01. The lowest BCUT2D eigenvalue weighted by Gasteiger charge is -2.35. The Morgan fingerprint density at radius 3 is 2.24 bits per heavy atom. The van der Waals surface area contributed by atoms with Crippen LogP contribution in [0.1, 0.15) is 22.8 Å². The maximum absolute atomic E-state index is 14.1. The van der Waals surface area contributed by atoms with Gasteiger partial charge in [-0.3, -0.25) is 23.6 Å². The number of para-hydroxylation sites is 1. The smallest absolute Gasteiger partial charge is 0.332 e. The second kappa shape index (κ2) is 10.0. The van der Waals surface area contributed by atoms with Gasteiger partial charge in [0.2, 0.25) is 0 Å². The lowest BCUT2D eigenvalue weighted by Crippen LogP contribution is -2.49. The summed E-state index contributed by atoms with van der Waals surface area (Å²) in [6.07, 6.45) is 0. The van der Waals surface area contributed by atoms with Gasteiger partial charge in [0.1, 0.15) is 17.2 Å². The van der Waals surface area contributed by atoms with Crippen molar-refractivity contribution in [2.24, 2.45) is 0 Å². The monoisotopic (exact) mass is 465 g/mol. The normalized spacial score (nSPS) is 14.4. The second-order valence-corrected chi connectivity index (χ2v) is 8.30. The molecule has 0 atom stereocenters. The minimum Gasteiger partial charge on any atom is -0.384 e. The number of Topliss-reactive ketones (excluding diaryl/α,β-unsaturated/α-hetero) is 1. The quantitative estimate of drug-likeness (QED) is 0.535. The third kappa shape index (κ3) is 4.65. The van der Waals surface area contributed by atoms with Crippen molar-refractivity contribution in [3.05, 3.63) is 92.4 Å². The Hall–Kier alpha value is -3.72. The van der Waals surface area contributed by atoms with Gasteiger partial charge in [-0.05, 0) is 24.6 Å². The number of benzene rings is 2. The van der Waals surface area contributed by atoms with Gasteiger partial charge in [-0.2, -0.15) is 0 Å². The van der Waals surface area contributed by atoms with Crippen molar-refractivity contribution in [1.82, 2.24) is 14.0 Å². The van der Waals surface area contributed by atoms with Gasteiger partial charge < -0.3 is 10.6 Å². The van der Waals surface area contributed by atoms with Crippen LogP contribution in [0.2, 0.25) is 0 Å². The summed E-state index contributed by atoms with van der Waals surface area (Å²) < 4.78 is 16.4. The Labute approximate surface area is 196 Å². The van der Waals surface area contributed by atoms with Gasteiger partial charge in [-0.15, -0.1) is 0 Å². The van der Waals surface area contributed by atoms with Crippen LogP contribution < -0.4 is 21.9 Å². The van der Waals surface area contributed by atoms with E-state index < -0.39 is 17.0 Å². The van der Waals surface area contributed by atoms with E-state index in [1.165, 1.54) is 10.6 Å². The third-order valence-corrected chi connectivity index (χ3v) is 6.18. The first kappa shape index (κ1) is 23.4. The Morgan fingerprint density at radius 2 is 1.59 bits per heavy atom. The van der Waals surface area contributed by atoms with E-state index in [0.717, 1.165) is 10.1 Å². The first-order valence-electron chi connectivity index (χ1n) is 11.3. The summed E-state index contributed by atoms with van der Waals surface area (Å²) in [6.45, 7) is 4.14. The highest BCUT2D eigenvalue weighted by Gasteiger charge is 2.26. The van der Waals surface area contributed by atoms with Crippen LogP contribution in [-0.4, -0.2) is 52.5 Å². The van der Waals surface area contributed by atoms with Gasteiger partial charge in [-0.25, -0.2) is 9.18 Å². The van der Waals surface area contributed by atoms with Gasteiger partial charge in [0.15, 0.2) is 5.78 Å². The summed E-state index contributed by atoms with van der Waals surface area (Å²) in [4.78, 5) is 43.0. The number of aromatic nitrogens is 2. The van der Waals surface area contributed by atoms with Crippen molar-refractivity contribution in [3.8, 4) is 0 Å². The number of hydrogen-bond donors (Lipinski definition) is 1. The van der Waals surface area contributed by atoms with E-state index in [1.807, 2.05) is 40.1 Å². The standard InChI is InChI=1S/C25H28FN5O3/c1-2-30-24(33)22(23(27)31(25(30)34)16-18-8-4-3-5-9-18)21(32)17-28-12-14-29(15-13-28)20-11-7-6-10-19(20)26/h3-11H,2,12-17,27H2,1H3. The molecule has 2 N–H and O–H groups in total. The molecule has 0 saturated carbocycles. The summed E-state index contributed by atoms with van der Waals surface area (Å²) >= 11 is 0. The molecular weight excluding hydrogens is 437 g/mol. The van der Waals surface area contributed by atoms with Crippen molar-refractivity contribution in [1.29, 1.82) is 0 Å². The average Bonchev–Trinajstić information content (AvgIpc) is 2.84. The molecule has 0 unspecified atom stereocenters. The topological polar surface area (TPSA) is 93.6 Å². The molecular formula is C25H28FN5O3. The molecule has 1 fully saturated rings. The molecule has 4 rings (SSSR count). The lowest BCUT2D eigenvalue weighted by molar-refractivity contribution is 0.0924. The number of piperazine rings is 1. The lowest BCUT2D eigenvalue weighted by atomic mass is 10.1. The van der Waals surface area contributed by atoms with Gasteiger partial charge in [-0.1, -0.05) is 42.5 Å². The molecule has 0 spiro atoms. The molecule has 34 heavy (non-hydrogen) atoms. The zero-order valence-corrected chi connectivity index (χ0v) is 19.1. The zero-order chi connectivity index (χ0) is 24.2.